The van der Waals surface area contributed by atoms with E-state index in [9.17, 15) is 8.42 Å². The summed E-state index contributed by atoms with van der Waals surface area (Å²) in [5.41, 5.74) is 0.733. The molecule has 0 aliphatic carbocycles. The van der Waals surface area contributed by atoms with Crippen molar-refractivity contribution in [3.8, 4) is 0 Å². The van der Waals surface area contributed by atoms with Crippen LogP contribution in [0.25, 0.3) is 0 Å². The van der Waals surface area contributed by atoms with Crippen molar-refractivity contribution in [1.82, 2.24) is 0 Å². The third-order valence-electron chi connectivity index (χ3n) is 3.55. The molecule has 114 valence electrons. The molecule has 0 saturated carbocycles. The molecule has 2 unspecified atom stereocenters. The van der Waals surface area contributed by atoms with Crippen LogP contribution in [0.1, 0.15) is 47.0 Å². The van der Waals surface area contributed by atoms with Crippen molar-refractivity contribution >= 4 is 15.5 Å². The topological polar surface area (TPSA) is 46.2 Å². The predicted molar refractivity (Wildman–Crippen MR) is 85.9 cm³/mol. The fourth-order valence-corrected chi connectivity index (χ4v) is 3.84. The average molecular weight is 297 g/mol. The molecule has 0 saturated heterocycles. The van der Waals surface area contributed by atoms with E-state index in [1.165, 1.54) is 0 Å². The van der Waals surface area contributed by atoms with Gasteiger partial charge in [0.1, 0.15) is 0 Å². The summed E-state index contributed by atoms with van der Waals surface area (Å²) < 4.78 is 24.5. The monoisotopic (exact) mass is 297 g/mol. The second-order valence-corrected chi connectivity index (χ2v) is 7.69. The molecule has 1 aromatic carbocycles. The van der Waals surface area contributed by atoms with Gasteiger partial charge in [-0.1, -0.05) is 39.3 Å². The fraction of sp³-hybridized carbons (Fsp3) is 0.625. The molecule has 0 spiro atoms. The standard InChI is InChI=1S/C16H27NO2S/c1-5-11-20(18,19)16-10-8-7-9-15(16)17-14(4)12-13(3)6-2/h7-10,13-14,17H,5-6,11-12H2,1-4H3. The second-order valence-electron chi connectivity index (χ2n) is 5.61. The van der Waals surface area contributed by atoms with Crippen LogP contribution < -0.4 is 5.32 Å². The van der Waals surface area contributed by atoms with Gasteiger partial charge in [-0.25, -0.2) is 8.42 Å². The van der Waals surface area contributed by atoms with Crippen LogP contribution in [0.3, 0.4) is 0 Å². The lowest BCUT2D eigenvalue weighted by molar-refractivity contribution is 0.483. The first-order valence-electron chi connectivity index (χ1n) is 7.49. The lowest BCUT2D eigenvalue weighted by Crippen LogP contribution is -2.20. The van der Waals surface area contributed by atoms with Crippen molar-refractivity contribution in [3.05, 3.63) is 24.3 Å². The van der Waals surface area contributed by atoms with Crippen LogP contribution in [0.5, 0.6) is 0 Å². The molecule has 1 aromatic rings. The molecule has 20 heavy (non-hydrogen) atoms. The maximum atomic E-state index is 12.3. The molecular weight excluding hydrogens is 270 g/mol. The van der Waals surface area contributed by atoms with Gasteiger partial charge < -0.3 is 5.32 Å². The van der Waals surface area contributed by atoms with E-state index in [1.54, 1.807) is 12.1 Å². The van der Waals surface area contributed by atoms with Crippen LogP contribution in [-0.4, -0.2) is 20.2 Å². The van der Waals surface area contributed by atoms with Gasteiger partial charge in [-0.3, -0.25) is 0 Å². The van der Waals surface area contributed by atoms with Crippen molar-refractivity contribution in [1.29, 1.82) is 0 Å². The Bertz CT molecular complexity index is 511. The highest BCUT2D eigenvalue weighted by Crippen LogP contribution is 2.24. The summed E-state index contributed by atoms with van der Waals surface area (Å²) in [7, 11) is -3.18. The highest BCUT2D eigenvalue weighted by Gasteiger charge is 2.18. The van der Waals surface area contributed by atoms with Crippen LogP contribution in [0.15, 0.2) is 29.2 Å². The van der Waals surface area contributed by atoms with Crippen LogP contribution >= 0.6 is 0 Å². The van der Waals surface area contributed by atoms with Gasteiger partial charge in [0.15, 0.2) is 9.84 Å². The minimum absolute atomic E-state index is 0.200. The number of benzene rings is 1. The maximum absolute atomic E-state index is 12.3. The van der Waals surface area contributed by atoms with E-state index in [1.807, 2.05) is 19.1 Å². The van der Waals surface area contributed by atoms with Gasteiger partial charge >= 0.3 is 0 Å². The van der Waals surface area contributed by atoms with Crippen LogP contribution in [-0.2, 0) is 9.84 Å². The van der Waals surface area contributed by atoms with E-state index in [0.29, 0.717) is 17.2 Å². The number of sulfone groups is 1. The number of hydrogen-bond donors (Lipinski definition) is 1. The molecule has 0 aromatic heterocycles. The predicted octanol–water partition coefficient (Wildman–Crippen LogP) is 4.11. The van der Waals surface area contributed by atoms with E-state index in [2.05, 4.69) is 26.1 Å². The van der Waals surface area contributed by atoms with Gasteiger partial charge in [0.05, 0.1) is 16.3 Å². The number of nitrogens with one attached hydrogen (secondary N) is 1. The summed E-state index contributed by atoms with van der Waals surface area (Å²) in [5.74, 6) is 0.836. The van der Waals surface area contributed by atoms with Crippen molar-refractivity contribution in [2.45, 2.75) is 57.9 Å². The van der Waals surface area contributed by atoms with E-state index in [4.69, 9.17) is 0 Å². The maximum Gasteiger partial charge on any atom is 0.180 e. The fourth-order valence-electron chi connectivity index (χ4n) is 2.33. The SMILES string of the molecule is CCCS(=O)(=O)c1ccccc1NC(C)CC(C)CC. The van der Waals surface area contributed by atoms with Crippen LogP contribution in [0.4, 0.5) is 5.69 Å². The zero-order valence-electron chi connectivity index (χ0n) is 13.0. The molecule has 0 amide bonds. The van der Waals surface area contributed by atoms with Crippen molar-refractivity contribution in [3.63, 3.8) is 0 Å². The van der Waals surface area contributed by atoms with E-state index >= 15 is 0 Å². The van der Waals surface area contributed by atoms with E-state index in [-0.39, 0.29) is 11.8 Å². The Balaban J connectivity index is 2.91. The Kier molecular flexibility index (Phi) is 6.53. The highest BCUT2D eigenvalue weighted by atomic mass is 32.2. The van der Waals surface area contributed by atoms with E-state index < -0.39 is 9.84 Å². The normalized spacial score (nSPS) is 14.8. The summed E-state index contributed by atoms with van der Waals surface area (Å²) in [5, 5.41) is 3.36. The minimum atomic E-state index is -3.18. The number of para-hydroxylation sites is 1. The quantitative estimate of drug-likeness (QED) is 0.785. The van der Waals surface area contributed by atoms with Gasteiger partial charge in [-0.2, -0.15) is 0 Å². The Labute approximate surface area is 123 Å². The smallest absolute Gasteiger partial charge is 0.180 e. The molecule has 1 N–H and O–H groups in total. The first-order chi connectivity index (χ1) is 9.40. The third kappa shape index (κ3) is 4.82. The molecule has 1 rings (SSSR count). The zero-order valence-corrected chi connectivity index (χ0v) is 13.8. The molecule has 0 aliphatic heterocycles. The summed E-state index contributed by atoms with van der Waals surface area (Å²) >= 11 is 0. The van der Waals surface area contributed by atoms with Gasteiger partial charge in [0.2, 0.25) is 0 Å². The highest BCUT2D eigenvalue weighted by molar-refractivity contribution is 7.91. The molecule has 0 fully saturated rings. The minimum Gasteiger partial charge on any atom is -0.382 e. The van der Waals surface area contributed by atoms with Crippen molar-refractivity contribution < 1.29 is 8.42 Å². The summed E-state index contributed by atoms with van der Waals surface area (Å²) in [4.78, 5) is 0.429. The Morgan fingerprint density at radius 3 is 2.40 bits per heavy atom. The number of hydrogen-bond acceptors (Lipinski definition) is 3. The van der Waals surface area contributed by atoms with Gasteiger partial charge in [-0.15, -0.1) is 0 Å². The lowest BCUT2D eigenvalue weighted by Gasteiger charge is -2.20. The first-order valence-corrected chi connectivity index (χ1v) is 9.14. The van der Waals surface area contributed by atoms with Crippen molar-refractivity contribution in [2.75, 3.05) is 11.1 Å². The van der Waals surface area contributed by atoms with Crippen LogP contribution in [0.2, 0.25) is 0 Å². The van der Waals surface area contributed by atoms with Gasteiger partial charge in [-0.05, 0) is 37.8 Å². The Hall–Kier alpha value is -1.03. The molecule has 0 bridgehead atoms. The zero-order chi connectivity index (χ0) is 15.2. The average Bonchev–Trinajstić information content (AvgIpc) is 2.38. The van der Waals surface area contributed by atoms with Crippen LogP contribution in [0, 0.1) is 5.92 Å². The number of anilines is 1. The summed E-state index contributed by atoms with van der Waals surface area (Å²) in [6, 6.07) is 7.48. The molecule has 4 heteroatoms. The summed E-state index contributed by atoms with van der Waals surface area (Å²) in [6.45, 7) is 8.39. The first kappa shape index (κ1) is 17.0. The molecular formula is C16H27NO2S. The van der Waals surface area contributed by atoms with Gasteiger partial charge in [0.25, 0.3) is 0 Å². The van der Waals surface area contributed by atoms with Crippen molar-refractivity contribution in [2.24, 2.45) is 5.92 Å². The van der Waals surface area contributed by atoms with Gasteiger partial charge in [0, 0.05) is 6.04 Å². The molecule has 3 nitrogen and oxygen atoms in total. The molecule has 2 atom stereocenters. The molecule has 0 aliphatic rings. The largest absolute Gasteiger partial charge is 0.382 e. The number of rotatable bonds is 8. The Morgan fingerprint density at radius 1 is 1.15 bits per heavy atom. The second kappa shape index (κ2) is 7.67. The Morgan fingerprint density at radius 2 is 1.80 bits per heavy atom. The molecule has 0 heterocycles. The third-order valence-corrected chi connectivity index (χ3v) is 5.52. The van der Waals surface area contributed by atoms with E-state index in [0.717, 1.165) is 18.5 Å². The molecule has 0 radical (unpaired) electrons. The summed E-state index contributed by atoms with van der Waals surface area (Å²) in [6.07, 6.45) is 2.82. The lowest BCUT2D eigenvalue weighted by atomic mass is 10.0.